The van der Waals surface area contributed by atoms with E-state index in [-0.39, 0.29) is 13.1 Å². The van der Waals surface area contributed by atoms with Crippen LogP contribution in [0.3, 0.4) is 0 Å². The molecule has 6 nitrogen and oxygen atoms in total. The molecule has 1 amide bonds. The predicted octanol–water partition coefficient (Wildman–Crippen LogP) is 0.0301. The Morgan fingerprint density at radius 3 is 1.93 bits per heavy atom. The van der Waals surface area contributed by atoms with Crippen molar-refractivity contribution in [3.05, 3.63) is 0 Å². The lowest BCUT2D eigenvalue weighted by Crippen LogP contribution is -2.40. The molecule has 1 saturated heterocycles. The second-order valence-electron chi connectivity index (χ2n) is 3.21. The van der Waals surface area contributed by atoms with E-state index in [4.69, 9.17) is 10.2 Å². The summed E-state index contributed by atoms with van der Waals surface area (Å²) in [6, 6.07) is 0. The minimum atomic E-state index is -1.43. The Labute approximate surface area is 80.1 Å². The van der Waals surface area contributed by atoms with Crippen molar-refractivity contribution in [2.45, 2.75) is 12.8 Å². The molecular weight excluding hydrogens is 190 g/mol. The van der Waals surface area contributed by atoms with Crippen LogP contribution in [-0.4, -0.2) is 46.0 Å². The van der Waals surface area contributed by atoms with Gasteiger partial charge in [-0.3, -0.25) is 4.79 Å². The first-order valence-electron chi connectivity index (χ1n) is 4.27. The molecule has 0 saturated carbocycles. The number of piperidine rings is 1. The van der Waals surface area contributed by atoms with Crippen LogP contribution in [-0.2, 0) is 9.59 Å². The fraction of sp³-hybridized carbons (Fsp3) is 0.625. The van der Waals surface area contributed by atoms with Crippen molar-refractivity contribution in [2.24, 2.45) is 5.92 Å². The van der Waals surface area contributed by atoms with Crippen molar-refractivity contribution in [3.8, 4) is 0 Å². The second kappa shape index (κ2) is 4.08. The van der Waals surface area contributed by atoms with Crippen LogP contribution in [0.4, 0.5) is 4.79 Å². The highest BCUT2D eigenvalue weighted by molar-refractivity contribution is 6.33. The van der Waals surface area contributed by atoms with E-state index in [1.165, 1.54) is 4.90 Å². The van der Waals surface area contributed by atoms with Gasteiger partial charge in [-0.1, -0.05) is 0 Å². The van der Waals surface area contributed by atoms with Crippen LogP contribution in [0, 0.1) is 5.92 Å². The molecule has 0 radical (unpaired) electrons. The van der Waals surface area contributed by atoms with Gasteiger partial charge in [0.25, 0.3) is 0 Å². The Kier molecular flexibility index (Phi) is 3.06. The standard InChI is InChI=1S/C8H11NO5/c10-6(7(11)12)5-1-3-9(4-2-5)8(13)14/h5H,1-4H2,(H,11,12)(H,13,14). The molecule has 0 bridgehead atoms. The number of nitrogens with zero attached hydrogens (tertiary/aromatic N) is 1. The van der Waals surface area contributed by atoms with Gasteiger partial charge in [0.05, 0.1) is 0 Å². The first-order valence-corrected chi connectivity index (χ1v) is 4.27. The molecule has 1 heterocycles. The van der Waals surface area contributed by atoms with Crippen LogP contribution in [0.5, 0.6) is 0 Å². The van der Waals surface area contributed by atoms with Gasteiger partial charge in [0, 0.05) is 19.0 Å². The molecule has 1 aliphatic heterocycles. The molecule has 1 fully saturated rings. The Balaban J connectivity index is 2.47. The van der Waals surface area contributed by atoms with E-state index in [0.29, 0.717) is 12.8 Å². The van der Waals surface area contributed by atoms with E-state index in [2.05, 4.69) is 0 Å². The van der Waals surface area contributed by atoms with Crippen molar-refractivity contribution >= 4 is 17.8 Å². The van der Waals surface area contributed by atoms with E-state index in [0.717, 1.165) is 0 Å². The smallest absolute Gasteiger partial charge is 0.407 e. The van der Waals surface area contributed by atoms with Crippen LogP contribution in [0.2, 0.25) is 0 Å². The van der Waals surface area contributed by atoms with Crippen LogP contribution in [0.15, 0.2) is 0 Å². The van der Waals surface area contributed by atoms with E-state index >= 15 is 0 Å². The minimum Gasteiger partial charge on any atom is -0.475 e. The van der Waals surface area contributed by atoms with E-state index in [1.54, 1.807) is 0 Å². The number of carbonyl (C=O) groups excluding carboxylic acids is 1. The highest BCUT2D eigenvalue weighted by Gasteiger charge is 2.30. The number of carboxylic acid groups (broad SMARTS) is 2. The maximum absolute atomic E-state index is 11.0. The van der Waals surface area contributed by atoms with Gasteiger partial charge in [0.1, 0.15) is 0 Å². The van der Waals surface area contributed by atoms with Crippen molar-refractivity contribution < 1.29 is 24.6 Å². The van der Waals surface area contributed by atoms with Crippen molar-refractivity contribution in [1.29, 1.82) is 0 Å². The molecule has 0 aromatic rings. The molecule has 14 heavy (non-hydrogen) atoms. The lowest BCUT2D eigenvalue weighted by molar-refractivity contribution is -0.151. The summed E-state index contributed by atoms with van der Waals surface area (Å²) in [5.41, 5.74) is 0. The summed E-state index contributed by atoms with van der Waals surface area (Å²) in [5, 5.41) is 17.0. The Morgan fingerprint density at radius 1 is 1.07 bits per heavy atom. The fourth-order valence-electron chi connectivity index (χ4n) is 1.51. The number of carboxylic acids is 1. The van der Waals surface area contributed by atoms with Gasteiger partial charge in [-0.15, -0.1) is 0 Å². The highest BCUT2D eigenvalue weighted by Crippen LogP contribution is 2.18. The maximum atomic E-state index is 11.0. The monoisotopic (exact) mass is 201 g/mol. The Bertz CT molecular complexity index is 267. The first-order chi connectivity index (χ1) is 6.52. The van der Waals surface area contributed by atoms with Gasteiger partial charge in [0.2, 0.25) is 5.78 Å². The number of carbonyl (C=O) groups is 3. The average Bonchev–Trinajstić information content (AvgIpc) is 2.16. The Morgan fingerprint density at radius 2 is 1.57 bits per heavy atom. The van der Waals surface area contributed by atoms with Crippen molar-refractivity contribution in [2.75, 3.05) is 13.1 Å². The minimum absolute atomic E-state index is 0.235. The third-order valence-electron chi connectivity index (χ3n) is 2.35. The molecule has 0 aromatic carbocycles. The number of ketones is 1. The van der Waals surface area contributed by atoms with E-state index in [1.807, 2.05) is 0 Å². The number of hydrogen-bond donors (Lipinski definition) is 2. The summed E-state index contributed by atoms with van der Waals surface area (Å²) in [7, 11) is 0. The molecule has 0 atom stereocenters. The maximum Gasteiger partial charge on any atom is 0.407 e. The third-order valence-corrected chi connectivity index (χ3v) is 2.35. The van der Waals surface area contributed by atoms with Gasteiger partial charge >= 0.3 is 12.1 Å². The summed E-state index contributed by atoms with van der Waals surface area (Å²) in [6.07, 6.45) is -0.416. The summed E-state index contributed by atoms with van der Waals surface area (Å²) in [5.74, 6) is -2.77. The number of likely N-dealkylation sites (tertiary alicyclic amines) is 1. The van der Waals surface area contributed by atoms with Crippen molar-refractivity contribution in [3.63, 3.8) is 0 Å². The molecular formula is C8H11NO5. The number of hydrogen-bond acceptors (Lipinski definition) is 3. The van der Waals surface area contributed by atoms with Crippen LogP contribution >= 0.6 is 0 Å². The summed E-state index contributed by atoms with van der Waals surface area (Å²) in [4.78, 5) is 33.0. The zero-order chi connectivity index (χ0) is 10.7. The van der Waals surface area contributed by atoms with E-state index in [9.17, 15) is 14.4 Å². The molecule has 1 rings (SSSR count). The quantitative estimate of drug-likeness (QED) is 0.614. The molecule has 78 valence electrons. The lowest BCUT2D eigenvalue weighted by Gasteiger charge is -2.28. The average molecular weight is 201 g/mol. The van der Waals surface area contributed by atoms with Crippen molar-refractivity contribution in [1.82, 2.24) is 4.90 Å². The van der Waals surface area contributed by atoms with Crippen LogP contribution in [0.1, 0.15) is 12.8 Å². The van der Waals surface area contributed by atoms with Gasteiger partial charge in [0.15, 0.2) is 0 Å². The topological polar surface area (TPSA) is 94.9 Å². The molecule has 0 spiro atoms. The summed E-state index contributed by atoms with van der Waals surface area (Å²) < 4.78 is 0. The number of amides is 1. The number of rotatable bonds is 2. The summed E-state index contributed by atoms with van der Waals surface area (Å²) in [6.45, 7) is 0.470. The van der Waals surface area contributed by atoms with Crippen LogP contribution < -0.4 is 0 Å². The zero-order valence-electron chi connectivity index (χ0n) is 7.47. The molecule has 1 aliphatic rings. The molecule has 0 aliphatic carbocycles. The fourth-order valence-corrected chi connectivity index (χ4v) is 1.51. The second-order valence-corrected chi connectivity index (χ2v) is 3.21. The number of Topliss-reactive ketones (excluding diaryl/α,β-unsaturated/α-hetero) is 1. The van der Waals surface area contributed by atoms with Crippen LogP contribution in [0.25, 0.3) is 0 Å². The van der Waals surface area contributed by atoms with Gasteiger partial charge < -0.3 is 15.1 Å². The van der Waals surface area contributed by atoms with Gasteiger partial charge in [-0.25, -0.2) is 9.59 Å². The lowest BCUT2D eigenvalue weighted by atomic mass is 9.93. The third kappa shape index (κ3) is 2.21. The van der Waals surface area contributed by atoms with Gasteiger partial charge in [-0.05, 0) is 12.8 Å². The highest BCUT2D eigenvalue weighted by atomic mass is 16.4. The normalized spacial score (nSPS) is 17.9. The SMILES string of the molecule is O=C(O)C(=O)C1CCN(C(=O)O)CC1. The van der Waals surface area contributed by atoms with E-state index < -0.39 is 23.8 Å². The zero-order valence-corrected chi connectivity index (χ0v) is 7.47. The largest absolute Gasteiger partial charge is 0.475 e. The first kappa shape index (κ1) is 10.5. The van der Waals surface area contributed by atoms with Gasteiger partial charge in [-0.2, -0.15) is 0 Å². The molecule has 6 heteroatoms. The predicted molar refractivity (Wildman–Crippen MR) is 45.0 cm³/mol. The Hall–Kier alpha value is -1.59. The molecule has 0 unspecified atom stereocenters. The summed E-state index contributed by atoms with van der Waals surface area (Å²) >= 11 is 0. The number of aliphatic carboxylic acids is 1. The molecule has 0 aromatic heterocycles. The molecule has 2 N–H and O–H groups in total.